The van der Waals surface area contributed by atoms with Gasteiger partial charge in [0.25, 0.3) is 5.78 Å². The van der Waals surface area contributed by atoms with Crippen LogP contribution in [0.3, 0.4) is 0 Å². The molecule has 1 aliphatic rings. The number of ether oxygens (including phenoxy) is 1. The highest BCUT2D eigenvalue weighted by molar-refractivity contribution is 7.17. The Morgan fingerprint density at radius 2 is 1.64 bits per heavy atom. The number of benzene rings is 2. The lowest BCUT2D eigenvalue weighted by Gasteiger charge is -2.23. The number of hydrogen-bond acceptors (Lipinski definition) is 7. The van der Waals surface area contributed by atoms with Gasteiger partial charge in [-0.1, -0.05) is 23.5 Å². The van der Waals surface area contributed by atoms with Crippen LogP contribution in [-0.2, 0) is 14.3 Å². The van der Waals surface area contributed by atoms with Gasteiger partial charge in [0.2, 0.25) is 0 Å². The van der Waals surface area contributed by atoms with Gasteiger partial charge in [-0.2, -0.15) is 0 Å². The molecule has 1 aliphatic heterocycles. The molecule has 1 N–H and O–H groups in total. The Morgan fingerprint density at radius 3 is 2.21 bits per heavy atom. The molecule has 0 radical (unpaired) electrons. The Bertz CT molecular complexity index is 1300. The summed E-state index contributed by atoms with van der Waals surface area (Å²) in [7, 11) is 1.20. The maximum atomic E-state index is 13.6. The lowest BCUT2D eigenvalue weighted by atomic mass is 9.95. The zero-order valence-corrected chi connectivity index (χ0v) is 18.2. The number of aryl methyl sites for hydroxylation is 1. The highest BCUT2D eigenvalue weighted by Crippen LogP contribution is 2.43. The van der Waals surface area contributed by atoms with Crippen molar-refractivity contribution in [1.82, 2.24) is 4.98 Å². The summed E-state index contributed by atoms with van der Waals surface area (Å²) >= 11 is 0.848. The van der Waals surface area contributed by atoms with Gasteiger partial charge in [0, 0.05) is 5.56 Å². The van der Waals surface area contributed by atoms with E-state index in [1.54, 1.807) is 6.92 Å². The standard InChI is InChI=1S/C23H16F2N2O5S/c1-11-20(22(31)32-2)33-23(26-11)27-17(12-3-7-14(24)8-4-12)16(19(29)21(27)30)18(28)13-5-9-15(25)10-6-13/h3-10,17,28H,1-2H3/t17-/m0/s1. The van der Waals surface area contributed by atoms with Gasteiger partial charge in [-0.05, 0) is 48.9 Å². The van der Waals surface area contributed by atoms with Crippen molar-refractivity contribution >= 4 is 39.9 Å². The minimum atomic E-state index is -1.16. The number of carbonyl (C=O) groups excluding carboxylic acids is 3. The second-order valence-corrected chi connectivity index (χ2v) is 8.11. The van der Waals surface area contributed by atoms with E-state index in [0.717, 1.165) is 40.5 Å². The topological polar surface area (TPSA) is 96.8 Å². The summed E-state index contributed by atoms with van der Waals surface area (Å²) in [6.07, 6.45) is 0. The van der Waals surface area contributed by atoms with Gasteiger partial charge in [-0.25, -0.2) is 18.6 Å². The van der Waals surface area contributed by atoms with E-state index >= 15 is 0 Å². The fourth-order valence-electron chi connectivity index (χ4n) is 3.52. The van der Waals surface area contributed by atoms with Gasteiger partial charge < -0.3 is 9.84 Å². The molecule has 3 aromatic rings. The summed E-state index contributed by atoms with van der Waals surface area (Å²) in [4.78, 5) is 43.6. The minimum absolute atomic E-state index is 0.0301. The van der Waals surface area contributed by atoms with Crippen molar-refractivity contribution in [2.24, 2.45) is 0 Å². The number of esters is 1. The number of Topliss-reactive ketones (excluding diaryl/α,β-unsaturated/α-hetero) is 1. The third-order valence-electron chi connectivity index (χ3n) is 5.11. The van der Waals surface area contributed by atoms with E-state index in [0.29, 0.717) is 11.3 Å². The average Bonchev–Trinajstić information content (AvgIpc) is 3.31. The number of amides is 1. The summed E-state index contributed by atoms with van der Waals surface area (Å²) in [6, 6.07) is 8.63. The van der Waals surface area contributed by atoms with Gasteiger partial charge in [-0.15, -0.1) is 0 Å². The molecule has 0 saturated carbocycles. The molecule has 2 heterocycles. The van der Waals surface area contributed by atoms with E-state index < -0.39 is 41.1 Å². The molecule has 0 unspecified atom stereocenters. The number of nitrogens with zero attached hydrogens (tertiary/aromatic N) is 2. The number of aliphatic hydroxyl groups is 1. The number of aliphatic hydroxyl groups excluding tert-OH is 1. The molecule has 33 heavy (non-hydrogen) atoms. The smallest absolute Gasteiger partial charge is 0.350 e. The molecule has 0 bridgehead atoms. The molecule has 7 nitrogen and oxygen atoms in total. The van der Waals surface area contributed by atoms with Gasteiger partial charge in [0.15, 0.2) is 5.13 Å². The van der Waals surface area contributed by atoms with Crippen molar-refractivity contribution in [3.63, 3.8) is 0 Å². The summed E-state index contributed by atoms with van der Waals surface area (Å²) < 4.78 is 31.7. The molecule has 1 saturated heterocycles. The van der Waals surface area contributed by atoms with Gasteiger partial charge >= 0.3 is 11.9 Å². The van der Waals surface area contributed by atoms with E-state index in [1.165, 1.54) is 31.4 Å². The van der Waals surface area contributed by atoms with Crippen LogP contribution in [0.15, 0.2) is 54.1 Å². The Hall–Kier alpha value is -3.92. The second kappa shape index (κ2) is 8.55. The third kappa shape index (κ3) is 3.89. The van der Waals surface area contributed by atoms with Crippen LogP contribution in [0.1, 0.15) is 32.5 Å². The zero-order chi connectivity index (χ0) is 23.9. The van der Waals surface area contributed by atoms with Gasteiger partial charge in [-0.3, -0.25) is 14.5 Å². The maximum Gasteiger partial charge on any atom is 0.350 e. The number of carbonyl (C=O) groups is 3. The highest BCUT2D eigenvalue weighted by Gasteiger charge is 2.48. The molecular weight excluding hydrogens is 454 g/mol. The number of halogens is 2. The quantitative estimate of drug-likeness (QED) is 0.266. The minimum Gasteiger partial charge on any atom is -0.507 e. The van der Waals surface area contributed by atoms with E-state index in [9.17, 15) is 28.3 Å². The first-order valence-corrected chi connectivity index (χ1v) is 10.4. The molecule has 0 aliphatic carbocycles. The fourth-order valence-corrected chi connectivity index (χ4v) is 4.53. The molecule has 0 spiro atoms. The summed E-state index contributed by atoms with van der Waals surface area (Å²) in [5.41, 5.74) is 0.463. The van der Waals surface area contributed by atoms with Crippen molar-refractivity contribution in [2.45, 2.75) is 13.0 Å². The van der Waals surface area contributed by atoms with Gasteiger partial charge in [0.1, 0.15) is 22.3 Å². The SMILES string of the molecule is COC(=O)c1sc(N2C(=O)C(=O)C(=C(O)c3ccc(F)cc3)[C@@H]2c2ccc(F)cc2)nc1C. The van der Waals surface area contributed by atoms with E-state index in [1.807, 2.05) is 0 Å². The van der Waals surface area contributed by atoms with Crippen molar-refractivity contribution in [3.8, 4) is 0 Å². The number of methoxy groups -OCH3 is 1. The first-order valence-electron chi connectivity index (χ1n) is 9.61. The molecule has 2 aromatic carbocycles. The maximum absolute atomic E-state index is 13.6. The van der Waals surface area contributed by atoms with Crippen LogP contribution in [-0.4, -0.2) is 34.9 Å². The lowest BCUT2D eigenvalue weighted by Crippen LogP contribution is -2.29. The Labute approximate surface area is 190 Å². The van der Waals surface area contributed by atoms with Crippen LogP contribution < -0.4 is 4.90 Å². The summed E-state index contributed by atoms with van der Waals surface area (Å²) in [6.45, 7) is 1.55. The number of thiazole rings is 1. The predicted octanol–water partition coefficient (Wildman–Crippen LogP) is 4.14. The van der Waals surface area contributed by atoms with E-state index in [2.05, 4.69) is 4.98 Å². The monoisotopic (exact) mass is 470 g/mol. The van der Waals surface area contributed by atoms with E-state index in [-0.39, 0.29) is 21.1 Å². The third-order valence-corrected chi connectivity index (χ3v) is 6.25. The Kier molecular flexibility index (Phi) is 5.77. The number of hydrogen-bond donors (Lipinski definition) is 1. The normalized spacial score (nSPS) is 17.5. The largest absolute Gasteiger partial charge is 0.507 e. The van der Waals surface area contributed by atoms with Gasteiger partial charge in [0.05, 0.1) is 24.4 Å². The number of ketones is 1. The molecule has 10 heteroatoms. The first-order chi connectivity index (χ1) is 15.7. The van der Waals surface area contributed by atoms with Crippen LogP contribution in [0.4, 0.5) is 13.9 Å². The van der Waals surface area contributed by atoms with Crippen molar-refractivity contribution < 1.29 is 33.0 Å². The first kappa shape index (κ1) is 22.3. The molecule has 1 atom stereocenters. The molecular formula is C23H16F2N2O5S. The fraction of sp³-hybridized carbons (Fsp3) is 0.130. The highest BCUT2D eigenvalue weighted by atomic mass is 32.1. The number of rotatable bonds is 4. The average molecular weight is 470 g/mol. The summed E-state index contributed by atoms with van der Waals surface area (Å²) in [5.74, 6) is -4.25. The zero-order valence-electron chi connectivity index (χ0n) is 17.3. The van der Waals surface area contributed by atoms with Crippen molar-refractivity contribution in [3.05, 3.63) is 87.4 Å². The second-order valence-electron chi connectivity index (χ2n) is 7.13. The van der Waals surface area contributed by atoms with Crippen LogP contribution >= 0.6 is 11.3 Å². The number of anilines is 1. The van der Waals surface area contributed by atoms with Crippen LogP contribution in [0, 0.1) is 18.6 Å². The Balaban J connectivity index is 1.93. The lowest BCUT2D eigenvalue weighted by molar-refractivity contribution is -0.132. The predicted molar refractivity (Wildman–Crippen MR) is 116 cm³/mol. The van der Waals surface area contributed by atoms with Crippen LogP contribution in [0.25, 0.3) is 5.76 Å². The molecule has 168 valence electrons. The molecule has 4 rings (SSSR count). The molecule has 1 aromatic heterocycles. The van der Waals surface area contributed by atoms with Crippen LogP contribution in [0.5, 0.6) is 0 Å². The molecule has 1 amide bonds. The van der Waals surface area contributed by atoms with E-state index in [4.69, 9.17) is 4.74 Å². The summed E-state index contributed by atoms with van der Waals surface area (Å²) in [5, 5.41) is 11.0. The molecule has 1 fully saturated rings. The Morgan fingerprint density at radius 1 is 1.06 bits per heavy atom. The number of aromatic nitrogens is 1. The van der Waals surface area contributed by atoms with Crippen molar-refractivity contribution in [2.75, 3.05) is 12.0 Å². The van der Waals surface area contributed by atoms with Crippen LogP contribution in [0.2, 0.25) is 0 Å². The van der Waals surface area contributed by atoms with Crippen molar-refractivity contribution in [1.29, 1.82) is 0 Å².